The number of likely N-dealkylation sites (N-methyl/N-ethyl adjacent to an activating group) is 1. The van der Waals surface area contributed by atoms with E-state index in [9.17, 15) is 14.0 Å². The van der Waals surface area contributed by atoms with Crippen LogP contribution in [0.1, 0.15) is 22.9 Å². The highest BCUT2D eigenvalue weighted by atomic mass is 19.1. The highest BCUT2D eigenvalue weighted by molar-refractivity contribution is 5.90. The number of carbonyl (C=O) groups is 2. The first kappa shape index (κ1) is 19.9. The fourth-order valence-electron chi connectivity index (χ4n) is 3.11. The van der Waals surface area contributed by atoms with Crippen molar-refractivity contribution in [2.75, 3.05) is 46.8 Å². The Balaban J connectivity index is 1.68. The van der Waals surface area contributed by atoms with Crippen LogP contribution >= 0.6 is 0 Å². The average Bonchev–Trinajstić information content (AvgIpc) is 2.90. The van der Waals surface area contributed by atoms with Crippen LogP contribution in [0.15, 0.2) is 24.3 Å². The Bertz CT molecular complexity index is 849. The molecule has 2 heterocycles. The van der Waals surface area contributed by atoms with Crippen LogP contribution in [0.2, 0.25) is 0 Å². The van der Waals surface area contributed by atoms with Gasteiger partial charge in [0.05, 0.1) is 12.2 Å². The third-order valence-corrected chi connectivity index (χ3v) is 4.76. The maximum Gasteiger partial charge on any atom is 0.293 e. The van der Waals surface area contributed by atoms with Crippen molar-refractivity contribution in [3.8, 4) is 5.69 Å². The van der Waals surface area contributed by atoms with E-state index >= 15 is 0 Å². The molecule has 28 heavy (non-hydrogen) atoms. The second-order valence-corrected chi connectivity index (χ2v) is 7.08. The zero-order valence-corrected chi connectivity index (χ0v) is 16.4. The topological polar surface area (TPSA) is 74.6 Å². The first-order valence-electron chi connectivity index (χ1n) is 9.26. The van der Waals surface area contributed by atoms with Crippen molar-refractivity contribution in [1.29, 1.82) is 0 Å². The number of hydrogen-bond donors (Lipinski definition) is 0. The second kappa shape index (κ2) is 8.47. The summed E-state index contributed by atoms with van der Waals surface area (Å²) in [4.78, 5) is 34.4. The molecule has 8 nitrogen and oxygen atoms in total. The standard InChI is InChI=1S/C19H25FN6O2/c1-14-21-18(22-26(14)16-7-5-15(20)6-8-16)19(28)25-10-4-9-24(11-12-25)13-17(27)23(2)3/h5-8H,4,9-13H2,1-3H3. The van der Waals surface area contributed by atoms with Crippen LogP contribution < -0.4 is 0 Å². The summed E-state index contributed by atoms with van der Waals surface area (Å²) in [5.74, 6) is 0.169. The molecule has 0 spiro atoms. The Kier molecular flexibility index (Phi) is 6.03. The zero-order chi connectivity index (χ0) is 20.3. The minimum atomic E-state index is -0.334. The van der Waals surface area contributed by atoms with Gasteiger partial charge in [0.15, 0.2) is 0 Å². The van der Waals surface area contributed by atoms with Crippen LogP contribution in [0.4, 0.5) is 4.39 Å². The lowest BCUT2D eigenvalue weighted by Crippen LogP contribution is -2.39. The summed E-state index contributed by atoms with van der Waals surface area (Å²) in [7, 11) is 3.48. The van der Waals surface area contributed by atoms with Gasteiger partial charge < -0.3 is 9.80 Å². The smallest absolute Gasteiger partial charge is 0.293 e. The van der Waals surface area contributed by atoms with Crippen LogP contribution in [-0.2, 0) is 4.79 Å². The van der Waals surface area contributed by atoms with Crippen molar-refractivity contribution in [2.24, 2.45) is 0 Å². The van der Waals surface area contributed by atoms with Crippen molar-refractivity contribution < 1.29 is 14.0 Å². The van der Waals surface area contributed by atoms with E-state index in [1.807, 2.05) is 0 Å². The maximum atomic E-state index is 13.1. The van der Waals surface area contributed by atoms with Crippen molar-refractivity contribution in [2.45, 2.75) is 13.3 Å². The molecule has 1 saturated heterocycles. The molecule has 3 rings (SSSR count). The predicted molar refractivity (Wildman–Crippen MR) is 102 cm³/mol. The molecule has 0 aliphatic carbocycles. The van der Waals surface area contributed by atoms with Crippen LogP contribution in [0.25, 0.3) is 5.69 Å². The van der Waals surface area contributed by atoms with Crippen LogP contribution in [0, 0.1) is 12.7 Å². The molecule has 0 atom stereocenters. The van der Waals surface area contributed by atoms with E-state index in [-0.39, 0.29) is 23.5 Å². The molecule has 0 bridgehead atoms. The molecule has 1 aromatic heterocycles. The van der Waals surface area contributed by atoms with Gasteiger partial charge >= 0.3 is 0 Å². The predicted octanol–water partition coefficient (Wildman–Crippen LogP) is 0.951. The summed E-state index contributed by atoms with van der Waals surface area (Å²) in [6.45, 7) is 4.61. The van der Waals surface area contributed by atoms with E-state index in [2.05, 4.69) is 15.0 Å². The number of halogens is 1. The molecule has 2 aromatic rings. The Morgan fingerprint density at radius 2 is 1.82 bits per heavy atom. The van der Waals surface area contributed by atoms with Gasteiger partial charge in [-0.2, -0.15) is 0 Å². The minimum absolute atomic E-state index is 0.0510. The molecule has 0 N–H and O–H groups in total. The number of carbonyl (C=O) groups excluding carboxylic acids is 2. The van der Waals surface area contributed by atoms with Gasteiger partial charge in [-0.1, -0.05) is 0 Å². The number of aromatic nitrogens is 3. The molecule has 1 fully saturated rings. The first-order chi connectivity index (χ1) is 13.3. The summed E-state index contributed by atoms with van der Waals surface area (Å²) >= 11 is 0. The SMILES string of the molecule is Cc1nc(C(=O)N2CCCN(CC(=O)N(C)C)CC2)nn1-c1ccc(F)cc1. The Morgan fingerprint density at radius 3 is 2.50 bits per heavy atom. The largest absolute Gasteiger partial charge is 0.348 e. The number of amides is 2. The van der Waals surface area contributed by atoms with Crippen LogP contribution in [-0.4, -0.2) is 88.1 Å². The average molecular weight is 388 g/mol. The fraction of sp³-hybridized carbons (Fsp3) is 0.474. The molecule has 0 saturated carbocycles. The van der Waals surface area contributed by atoms with Crippen molar-refractivity contribution in [3.63, 3.8) is 0 Å². The summed E-state index contributed by atoms with van der Waals surface area (Å²) in [6.07, 6.45) is 0.782. The third-order valence-electron chi connectivity index (χ3n) is 4.76. The molecule has 1 aliphatic heterocycles. The van der Waals surface area contributed by atoms with Crippen molar-refractivity contribution in [3.05, 3.63) is 41.7 Å². The zero-order valence-electron chi connectivity index (χ0n) is 16.4. The Morgan fingerprint density at radius 1 is 1.11 bits per heavy atom. The van der Waals surface area contributed by atoms with Gasteiger partial charge in [0.2, 0.25) is 11.7 Å². The second-order valence-electron chi connectivity index (χ2n) is 7.08. The molecule has 0 radical (unpaired) electrons. The van der Waals surface area contributed by atoms with Gasteiger partial charge in [0.25, 0.3) is 5.91 Å². The molecule has 1 aromatic carbocycles. The maximum absolute atomic E-state index is 13.1. The number of rotatable bonds is 4. The highest BCUT2D eigenvalue weighted by Crippen LogP contribution is 2.13. The van der Waals surface area contributed by atoms with E-state index in [1.165, 1.54) is 16.8 Å². The monoisotopic (exact) mass is 388 g/mol. The minimum Gasteiger partial charge on any atom is -0.348 e. The van der Waals surface area contributed by atoms with Gasteiger partial charge in [0, 0.05) is 40.3 Å². The van der Waals surface area contributed by atoms with Gasteiger partial charge in [-0.15, -0.1) is 5.10 Å². The summed E-state index contributed by atoms with van der Waals surface area (Å²) in [5, 5.41) is 4.32. The van der Waals surface area contributed by atoms with E-state index in [1.54, 1.807) is 43.0 Å². The normalized spacial score (nSPS) is 15.4. The van der Waals surface area contributed by atoms with Gasteiger partial charge in [0.1, 0.15) is 11.6 Å². The molecule has 9 heteroatoms. The number of benzene rings is 1. The molecular weight excluding hydrogens is 363 g/mol. The van der Waals surface area contributed by atoms with Crippen LogP contribution in [0.3, 0.4) is 0 Å². The Hall–Kier alpha value is -2.81. The summed E-state index contributed by atoms with van der Waals surface area (Å²) in [6, 6.07) is 5.88. The van der Waals surface area contributed by atoms with Crippen molar-refractivity contribution >= 4 is 11.8 Å². The lowest BCUT2D eigenvalue weighted by atomic mass is 10.3. The molecule has 1 aliphatic rings. The van der Waals surface area contributed by atoms with E-state index < -0.39 is 0 Å². The van der Waals surface area contributed by atoms with Gasteiger partial charge in [-0.05, 0) is 37.6 Å². The van der Waals surface area contributed by atoms with Crippen LogP contribution in [0.5, 0.6) is 0 Å². The highest BCUT2D eigenvalue weighted by Gasteiger charge is 2.25. The Labute approximate surface area is 163 Å². The molecular formula is C19H25FN6O2. The van der Waals surface area contributed by atoms with Crippen molar-refractivity contribution in [1.82, 2.24) is 29.5 Å². The summed E-state index contributed by atoms with van der Waals surface area (Å²) < 4.78 is 14.7. The number of nitrogens with zero attached hydrogens (tertiary/aromatic N) is 6. The third kappa shape index (κ3) is 4.53. The lowest BCUT2D eigenvalue weighted by molar-refractivity contribution is -0.129. The van der Waals surface area contributed by atoms with E-state index in [4.69, 9.17) is 0 Å². The number of aryl methyl sites for hydroxylation is 1. The van der Waals surface area contributed by atoms with E-state index in [0.717, 1.165) is 13.0 Å². The fourth-order valence-corrected chi connectivity index (χ4v) is 3.11. The molecule has 2 amide bonds. The lowest BCUT2D eigenvalue weighted by Gasteiger charge is -2.22. The number of hydrogen-bond acceptors (Lipinski definition) is 5. The quantitative estimate of drug-likeness (QED) is 0.780. The summed E-state index contributed by atoms with van der Waals surface area (Å²) in [5.41, 5.74) is 0.648. The van der Waals surface area contributed by atoms with Gasteiger partial charge in [-0.3, -0.25) is 14.5 Å². The molecule has 0 unspecified atom stereocenters. The van der Waals surface area contributed by atoms with Gasteiger partial charge in [-0.25, -0.2) is 14.1 Å². The molecule has 150 valence electrons. The van der Waals surface area contributed by atoms with E-state index in [0.29, 0.717) is 37.7 Å². The first-order valence-corrected chi connectivity index (χ1v) is 9.26.